The molecule has 4 rings (SSSR count). The zero-order chi connectivity index (χ0) is 23.3. The van der Waals surface area contributed by atoms with E-state index in [0.717, 1.165) is 61.6 Å². The van der Waals surface area contributed by atoms with E-state index in [1.54, 1.807) is 11.3 Å². The first kappa shape index (κ1) is 24.3. The fraction of sp³-hybridized carbons (Fsp3) is 0.667. The van der Waals surface area contributed by atoms with Gasteiger partial charge in [-0.3, -0.25) is 14.4 Å². The van der Waals surface area contributed by atoms with E-state index >= 15 is 0 Å². The molecule has 2 heterocycles. The number of nitrogens with one attached hydrogen (secondary N) is 3. The minimum atomic E-state index is -0.787. The summed E-state index contributed by atoms with van der Waals surface area (Å²) in [6.07, 6.45) is 10.6. The van der Waals surface area contributed by atoms with Crippen LogP contribution in [0.3, 0.4) is 0 Å². The van der Waals surface area contributed by atoms with Gasteiger partial charge >= 0.3 is 0 Å². The molecule has 2 aromatic rings. The Morgan fingerprint density at radius 3 is 2.73 bits per heavy atom. The number of amides is 2. The fourth-order valence-electron chi connectivity index (χ4n) is 4.93. The average Bonchev–Trinajstić information content (AvgIpc) is 3.18. The highest BCUT2D eigenvalue weighted by atomic mass is 32.2. The summed E-state index contributed by atoms with van der Waals surface area (Å²) in [5.74, 6) is 1.10. The van der Waals surface area contributed by atoms with Crippen molar-refractivity contribution in [3.8, 4) is 0 Å². The SMILES string of the molecule is CCCCNC(=O)C1(NC(=O)CSCc2nc3sc4c(c3c(=O)[nH]2)CCCC4)CCCCC1. The Balaban J connectivity index is 1.35. The number of carbonyl (C=O) groups excluding carboxylic acids is 2. The van der Waals surface area contributed by atoms with Crippen molar-refractivity contribution in [2.45, 2.75) is 88.8 Å². The molecule has 2 aliphatic carbocycles. The van der Waals surface area contributed by atoms with Gasteiger partial charge in [0.25, 0.3) is 5.56 Å². The number of H-pyrrole nitrogens is 1. The molecular formula is C24H34N4O3S2. The van der Waals surface area contributed by atoms with Crippen LogP contribution >= 0.6 is 23.1 Å². The van der Waals surface area contributed by atoms with Crippen LogP contribution in [0.25, 0.3) is 10.2 Å². The smallest absolute Gasteiger partial charge is 0.259 e. The molecule has 33 heavy (non-hydrogen) atoms. The Labute approximate surface area is 202 Å². The molecule has 3 N–H and O–H groups in total. The highest BCUT2D eigenvalue weighted by molar-refractivity contribution is 7.99. The van der Waals surface area contributed by atoms with Gasteiger partial charge < -0.3 is 15.6 Å². The number of aryl methyl sites for hydroxylation is 2. The Bertz CT molecular complexity index is 1060. The zero-order valence-corrected chi connectivity index (χ0v) is 21.0. The van der Waals surface area contributed by atoms with Crippen LogP contribution in [0.15, 0.2) is 4.79 Å². The maximum absolute atomic E-state index is 12.9. The minimum Gasteiger partial charge on any atom is -0.354 e. The number of thioether (sulfide) groups is 1. The molecule has 0 aliphatic heterocycles. The van der Waals surface area contributed by atoms with Crippen molar-refractivity contribution in [1.82, 2.24) is 20.6 Å². The normalized spacial score (nSPS) is 17.5. The van der Waals surface area contributed by atoms with Gasteiger partial charge in [-0.15, -0.1) is 23.1 Å². The van der Waals surface area contributed by atoms with E-state index in [-0.39, 0.29) is 23.1 Å². The van der Waals surface area contributed by atoms with Crippen molar-refractivity contribution in [3.63, 3.8) is 0 Å². The predicted octanol–water partition coefficient (Wildman–Crippen LogP) is 3.83. The van der Waals surface area contributed by atoms with Gasteiger partial charge in [-0.1, -0.05) is 32.6 Å². The molecule has 0 saturated heterocycles. The molecule has 2 amide bonds. The van der Waals surface area contributed by atoms with Gasteiger partial charge in [0.1, 0.15) is 16.2 Å². The Morgan fingerprint density at radius 2 is 1.94 bits per heavy atom. The summed E-state index contributed by atoms with van der Waals surface area (Å²) in [5, 5.41) is 6.83. The third-order valence-electron chi connectivity index (χ3n) is 6.68. The van der Waals surface area contributed by atoms with Gasteiger partial charge in [0.05, 0.1) is 16.9 Å². The number of nitrogens with zero attached hydrogens (tertiary/aromatic N) is 1. The standard InChI is InChI=1S/C24H34N4O3S2/c1-2-3-13-25-23(31)24(11-7-4-8-12-24)28-19(29)15-32-14-18-26-21(30)20-16-9-5-6-10-17(16)33-22(20)27-18/h2-15H2,1H3,(H,25,31)(H,28,29)(H,26,27,30). The second-order valence-corrected chi connectivity index (χ2v) is 11.3. The molecule has 9 heteroatoms. The molecule has 0 spiro atoms. The van der Waals surface area contributed by atoms with E-state index in [1.165, 1.54) is 28.6 Å². The molecule has 0 bridgehead atoms. The van der Waals surface area contributed by atoms with Crippen molar-refractivity contribution in [2.24, 2.45) is 0 Å². The van der Waals surface area contributed by atoms with Gasteiger partial charge in [-0.25, -0.2) is 4.98 Å². The third kappa shape index (κ3) is 5.62. The summed E-state index contributed by atoms with van der Waals surface area (Å²) in [6, 6.07) is 0. The third-order valence-corrected chi connectivity index (χ3v) is 8.81. The van der Waals surface area contributed by atoms with Crippen LogP contribution in [0.5, 0.6) is 0 Å². The molecule has 0 unspecified atom stereocenters. The van der Waals surface area contributed by atoms with E-state index in [0.29, 0.717) is 31.0 Å². The number of aromatic nitrogens is 2. The summed E-state index contributed by atoms with van der Waals surface area (Å²) in [6.45, 7) is 2.74. The summed E-state index contributed by atoms with van der Waals surface area (Å²) in [7, 11) is 0. The Morgan fingerprint density at radius 1 is 1.15 bits per heavy atom. The van der Waals surface area contributed by atoms with Crippen molar-refractivity contribution < 1.29 is 9.59 Å². The van der Waals surface area contributed by atoms with Crippen LogP contribution in [0.2, 0.25) is 0 Å². The van der Waals surface area contributed by atoms with Gasteiger partial charge in [-0.05, 0) is 50.5 Å². The second kappa shape index (κ2) is 11.0. The molecule has 2 aliphatic rings. The average molecular weight is 491 g/mol. The van der Waals surface area contributed by atoms with E-state index < -0.39 is 5.54 Å². The van der Waals surface area contributed by atoms with Gasteiger partial charge in [0.15, 0.2) is 0 Å². The van der Waals surface area contributed by atoms with Crippen LogP contribution in [-0.2, 0) is 28.2 Å². The molecule has 0 aromatic carbocycles. The monoisotopic (exact) mass is 490 g/mol. The van der Waals surface area contributed by atoms with E-state index in [2.05, 4.69) is 27.5 Å². The van der Waals surface area contributed by atoms with E-state index in [4.69, 9.17) is 0 Å². The first-order chi connectivity index (χ1) is 16.0. The van der Waals surface area contributed by atoms with E-state index in [9.17, 15) is 14.4 Å². The van der Waals surface area contributed by atoms with Crippen LogP contribution in [0.1, 0.15) is 81.0 Å². The summed E-state index contributed by atoms with van der Waals surface area (Å²) in [4.78, 5) is 48.1. The van der Waals surface area contributed by atoms with Crippen molar-refractivity contribution >= 4 is 45.1 Å². The van der Waals surface area contributed by atoms with E-state index in [1.807, 2.05) is 0 Å². The summed E-state index contributed by atoms with van der Waals surface area (Å²) >= 11 is 3.05. The summed E-state index contributed by atoms with van der Waals surface area (Å²) < 4.78 is 0. The number of fused-ring (bicyclic) bond motifs is 3. The van der Waals surface area contributed by atoms with Crippen LogP contribution in [-0.4, -0.2) is 39.6 Å². The topological polar surface area (TPSA) is 104 Å². The lowest BCUT2D eigenvalue weighted by atomic mass is 9.80. The largest absolute Gasteiger partial charge is 0.354 e. The van der Waals surface area contributed by atoms with Gasteiger partial charge in [0.2, 0.25) is 11.8 Å². The molecule has 1 fully saturated rings. The minimum absolute atomic E-state index is 0.0490. The number of thiophene rings is 1. The number of hydrogen-bond acceptors (Lipinski definition) is 6. The first-order valence-electron chi connectivity index (χ1n) is 12.2. The molecular weight excluding hydrogens is 456 g/mol. The number of aromatic amines is 1. The predicted molar refractivity (Wildman–Crippen MR) is 135 cm³/mol. The van der Waals surface area contributed by atoms with Gasteiger partial charge in [-0.2, -0.15) is 0 Å². The zero-order valence-electron chi connectivity index (χ0n) is 19.4. The lowest BCUT2D eigenvalue weighted by Gasteiger charge is -2.36. The highest BCUT2D eigenvalue weighted by Crippen LogP contribution is 2.33. The van der Waals surface area contributed by atoms with Gasteiger partial charge in [0, 0.05) is 11.4 Å². The molecule has 2 aromatic heterocycles. The molecule has 7 nitrogen and oxygen atoms in total. The first-order valence-corrected chi connectivity index (χ1v) is 14.2. The second-order valence-electron chi connectivity index (χ2n) is 9.20. The Kier molecular flexibility index (Phi) is 8.11. The van der Waals surface area contributed by atoms with Crippen molar-refractivity contribution in [3.05, 3.63) is 26.6 Å². The molecule has 180 valence electrons. The summed E-state index contributed by atoms with van der Waals surface area (Å²) in [5.41, 5.74) is 0.332. The maximum Gasteiger partial charge on any atom is 0.259 e. The lowest BCUT2D eigenvalue weighted by Crippen LogP contribution is -2.60. The fourth-order valence-corrected chi connectivity index (χ4v) is 6.90. The van der Waals surface area contributed by atoms with Crippen molar-refractivity contribution in [1.29, 1.82) is 0 Å². The molecule has 0 radical (unpaired) electrons. The number of rotatable bonds is 9. The van der Waals surface area contributed by atoms with Crippen molar-refractivity contribution in [2.75, 3.05) is 12.3 Å². The number of carbonyl (C=O) groups is 2. The van der Waals surface area contributed by atoms with Crippen LogP contribution in [0, 0.1) is 0 Å². The Hall–Kier alpha value is -1.87. The molecule has 1 saturated carbocycles. The maximum atomic E-state index is 12.9. The number of unbranched alkanes of at least 4 members (excludes halogenated alkanes) is 1. The quantitative estimate of drug-likeness (QED) is 0.464. The van der Waals surface area contributed by atoms with Crippen LogP contribution < -0.4 is 16.2 Å². The highest BCUT2D eigenvalue weighted by Gasteiger charge is 2.40. The lowest BCUT2D eigenvalue weighted by molar-refractivity contribution is -0.134. The molecule has 0 atom stereocenters. The number of hydrogen-bond donors (Lipinski definition) is 3. The van der Waals surface area contributed by atoms with Crippen LogP contribution in [0.4, 0.5) is 0 Å².